The molecule has 0 heterocycles. The predicted octanol–water partition coefficient (Wildman–Crippen LogP) is 3.57. The molecule has 17 heavy (non-hydrogen) atoms. The molecular weight excluding hydrogens is 212 g/mol. The number of carboxylic acids is 1. The Labute approximate surface area is 104 Å². The monoisotopic (exact) mass is 234 g/mol. The lowest BCUT2D eigenvalue weighted by molar-refractivity contribution is -0.146. The van der Waals surface area contributed by atoms with Crippen LogP contribution in [0.5, 0.6) is 0 Å². The Kier molecular flexibility index (Phi) is 3.65. The molecule has 0 saturated heterocycles. The van der Waals surface area contributed by atoms with E-state index >= 15 is 0 Å². The van der Waals surface area contributed by atoms with Crippen molar-refractivity contribution in [3.8, 4) is 0 Å². The van der Waals surface area contributed by atoms with Crippen LogP contribution in [0.1, 0.15) is 41.7 Å². The van der Waals surface area contributed by atoms with E-state index in [9.17, 15) is 9.90 Å². The van der Waals surface area contributed by atoms with Crippen LogP contribution in [0.3, 0.4) is 0 Å². The zero-order valence-electron chi connectivity index (χ0n) is 11.6. The summed E-state index contributed by atoms with van der Waals surface area (Å²) < 4.78 is 0. The molecule has 1 aromatic carbocycles. The van der Waals surface area contributed by atoms with Crippen molar-refractivity contribution in [2.45, 2.75) is 48.0 Å². The number of aliphatic carboxylic acids is 1. The van der Waals surface area contributed by atoms with Gasteiger partial charge in [-0.25, -0.2) is 0 Å². The van der Waals surface area contributed by atoms with E-state index in [-0.39, 0.29) is 0 Å². The molecule has 0 amide bonds. The third-order valence-electron chi connectivity index (χ3n) is 3.80. The number of benzene rings is 1. The number of hydrogen-bond acceptors (Lipinski definition) is 1. The van der Waals surface area contributed by atoms with Gasteiger partial charge in [0.15, 0.2) is 0 Å². The summed E-state index contributed by atoms with van der Waals surface area (Å²) in [5.74, 6) is -0.743. The van der Waals surface area contributed by atoms with Crippen molar-refractivity contribution in [1.82, 2.24) is 0 Å². The fraction of sp³-hybridized carbons (Fsp3) is 0.533. The van der Waals surface area contributed by atoms with E-state index in [1.165, 1.54) is 22.3 Å². The molecule has 1 N–H and O–H groups in total. The lowest BCUT2D eigenvalue weighted by Crippen LogP contribution is -2.26. The van der Waals surface area contributed by atoms with Gasteiger partial charge in [-0.3, -0.25) is 4.79 Å². The zero-order chi connectivity index (χ0) is 13.4. The van der Waals surface area contributed by atoms with Crippen LogP contribution in [0.2, 0.25) is 0 Å². The number of aryl methyl sites for hydroxylation is 1. The first-order valence-corrected chi connectivity index (χ1v) is 5.96. The molecule has 1 rings (SSSR count). The van der Waals surface area contributed by atoms with Crippen molar-refractivity contribution >= 4 is 5.97 Å². The molecule has 0 spiro atoms. The topological polar surface area (TPSA) is 37.3 Å². The van der Waals surface area contributed by atoms with Gasteiger partial charge in [0.25, 0.3) is 0 Å². The SMILES string of the molecule is Cc1cc(CC(C)(C)C(=O)O)c(C)c(C)c1C. The van der Waals surface area contributed by atoms with Crippen LogP contribution in [0.15, 0.2) is 6.07 Å². The molecular formula is C15H22O2. The van der Waals surface area contributed by atoms with E-state index in [0.29, 0.717) is 6.42 Å². The van der Waals surface area contributed by atoms with Crippen molar-refractivity contribution in [3.63, 3.8) is 0 Å². The third-order valence-corrected chi connectivity index (χ3v) is 3.80. The number of carbonyl (C=O) groups is 1. The molecule has 0 saturated carbocycles. The molecule has 0 aromatic heterocycles. The van der Waals surface area contributed by atoms with Crippen LogP contribution >= 0.6 is 0 Å². The first-order valence-electron chi connectivity index (χ1n) is 5.96. The van der Waals surface area contributed by atoms with Crippen molar-refractivity contribution in [3.05, 3.63) is 33.9 Å². The molecule has 0 aliphatic rings. The second kappa shape index (κ2) is 4.52. The smallest absolute Gasteiger partial charge is 0.309 e. The van der Waals surface area contributed by atoms with E-state index in [2.05, 4.69) is 33.8 Å². The van der Waals surface area contributed by atoms with E-state index in [1.807, 2.05) is 0 Å². The highest BCUT2D eigenvalue weighted by Crippen LogP contribution is 2.28. The van der Waals surface area contributed by atoms with E-state index in [0.717, 1.165) is 5.56 Å². The lowest BCUT2D eigenvalue weighted by Gasteiger charge is -2.22. The summed E-state index contributed by atoms with van der Waals surface area (Å²) in [5.41, 5.74) is 5.49. The highest BCUT2D eigenvalue weighted by molar-refractivity contribution is 5.74. The zero-order valence-corrected chi connectivity index (χ0v) is 11.6. The molecule has 0 aliphatic heterocycles. The Hall–Kier alpha value is -1.31. The molecule has 2 heteroatoms. The highest BCUT2D eigenvalue weighted by Gasteiger charge is 2.28. The first-order chi connectivity index (χ1) is 7.66. The number of hydrogen-bond donors (Lipinski definition) is 1. The quantitative estimate of drug-likeness (QED) is 0.868. The summed E-state index contributed by atoms with van der Waals surface area (Å²) in [6.45, 7) is 11.9. The number of rotatable bonds is 3. The fourth-order valence-electron chi connectivity index (χ4n) is 2.03. The van der Waals surface area contributed by atoms with Gasteiger partial charge in [-0.05, 0) is 75.8 Å². The Balaban J connectivity index is 3.21. The minimum Gasteiger partial charge on any atom is -0.481 e. The van der Waals surface area contributed by atoms with Gasteiger partial charge in [-0.15, -0.1) is 0 Å². The average molecular weight is 234 g/mol. The Morgan fingerprint density at radius 3 is 2.12 bits per heavy atom. The average Bonchev–Trinajstić information content (AvgIpc) is 2.22. The molecule has 0 bridgehead atoms. The number of carboxylic acid groups (broad SMARTS) is 1. The van der Waals surface area contributed by atoms with Gasteiger partial charge < -0.3 is 5.11 Å². The third kappa shape index (κ3) is 2.68. The highest BCUT2D eigenvalue weighted by atomic mass is 16.4. The first kappa shape index (κ1) is 13.8. The maximum Gasteiger partial charge on any atom is 0.309 e. The molecule has 94 valence electrons. The van der Waals surface area contributed by atoms with Crippen LogP contribution in [0.4, 0.5) is 0 Å². The van der Waals surface area contributed by atoms with Crippen LogP contribution in [0.25, 0.3) is 0 Å². The van der Waals surface area contributed by atoms with Crippen molar-refractivity contribution in [1.29, 1.82) is 0 Å². The van der Waals surface area contributed by atoms with Crippen molar-refractivity contribution in [2.75, 3.05) is 0 Å². The lowest BCUT2D eigenvalue weighted by atomic mass is 9.82. The summed E-state index contributed by atoms with van der Waals surface area (Å²) in [7, 11) is 0. The normalized spacial score (nSPS) is 11.6. The summed E-state index contributed by atoms with van der Waals surface area (Å²) in [6.07, 6.45) is 0.579. The second-order valence-electron chi connectivity index (χ2n) is 5.59. The van der Waals surface area contributed by atoms with E-state index in [4.69, 9.17) is 0 Å². The second-order valence-corrected chi connectivity index (χ2v) is 5.59. The molecule has 0 fully saturated rings. The van der Waals surface area contributed by atoms with Crippen LogP contribution < -0.4 is 0 Å². The van der Waals surface area contributed by atoms with E-state index in [1.54, 1.807) is 13.8 Å². The van der Waals surface area contributed by atoms with Gasteiger partial charge >= 0.3 is 5.97 Å². The fourth-order valence-corrected chi connectivity index (χ4v) is 2.03. The van der Waals surface area contributed by atoms with Crippen LogP contribution in [-0.4, -0.2) is 11.1 Å². The summed E-state index contributed by atoms with van der Waals surface area (Å²) in [5, 5.41) is 9.19. The Bertz CT molecular complexity index is 456. The predicted molar refractivity (Wildman–Crippen MR) is 70.5 cm³/mol. The molecule has 0 unspecified atom stereocenters. The molecule has 0 radical (unpaired) electrons. The van der Waals surface area contributed by atoms with Gasteiger partial charge in [0.1, 0.15) is 0 Å². The molecule has 1 aromatic rings. The Morgan fingerprint density at radius 1 is 1.12 bits per heavy atom. The van der Waals surface area contributed by atoms with Crippen molar-refractivity contribution < 1.29 is 9.90 Å². The van der Waals surface area contributed by atoms with Gasteiger partial charge in [0.2, 0.25) is 0 Å². The van der Waals surface area contributed by atoms with Crippen LogP contribution in [0, 0.1) is 33.1 Å². The van der Waals surface area contributed by atoms with Crippen molar-refractivity contribution in [2.24, 2.45) is 5.41 Å². The summed E-state index contributed by atoms with van der Waals surface area (Å²) in [6, 6.07) is 2.13. The largest absolute Gasteiger partial charge is 0.481 e. The Morgan fingerprint density at radius 2 is 1.65 bits per heavy atom. The minimum absolute atomic E-state index is 0.579. The van der Waals surface area contributed by atoms with Gasteiger partial charge in [0.05, 0.1) is 5.41 Å². The standard InChI is InChI=1S/C15H22O2/c1-9-7-13(8-15(5,6)14(16)17)12(4)11(3)10(9)2/h7H,8H2,1-6H3,(H,16,17). The van der Waals surface area contributed by atoms with Crippen LogP contribution in [-0.2, 0) is 11.2 Å². The summed E-state index contributed by atoms with van der Waals surface area (Å²) >= 11 is 0. The van der Waals surface area contributed by atoms with Gasteiger partial charge in [0, 0.05) is 0 Å². The van der Waals surface area contributed by atoms with Gasteiger partial charge in [-0.2, -0.15) is 0 Å². The summed E-state index contributed by atoms with van der Waals surface area (Å²) in [4.78, 5) is 11.2. The molecule has 0 aliphatic carbocycles. The van der Waals surface area contributed by atoms with Gasteiger partial charge in [-0.1, -0.05) is 6.07 Å². The maximum absolute atomic E-state index is 11.2. The minimum atomic E-state index is -0.743. The van der Waals surface area contributed by atoms with E-state index < -0.39 is 11.4 Å². The maximum atomic E-state index is 11.2. The molecule has 0 atom stereocenters. The molecule has 2 nitrogen and oxygen atoms in total.